The van der Waals surface area contributed by atoms with E-state index >= 15 is 0 Å². The van der Waals surface area contributed by atoms with Crippen LogP contribution >= 0.6 is 24.0 Å². The van der Waals surface area contributed by atoms with Crippen molar-refractivity contribution in [2.45, 2.75) is 33.2 Å². The molecule has 1 N–H and O–H groups in total. The van der Waals surface area contributed by atoms with Gasteiger partial charge in [-0.25, -0.2) is 0 Å². The smallest absolute Gasteiger partial charge is 0.228 e. The summed E-state index contributed by atoms with van der Waals surface area (Å²) in [6.45, 7) is 6.97. The number of aliphatic imine (C=N–C) groups is 1. The van der Waals surface area contributed by atoms with Crippen LogP contribution in [0.15, 0.2) is 21.6 Å². The van der Waals surface area contributed by atoms with Crippen LogP contribution in [0.5, 0.6) is 11.5 Å². The molecule has 0 bridgehead atoms. The Morgan fingerprint density at radius 2 is 1.96 bits per heavy atom. The van der Waals surface area contributed by atoms with Crippen LogP contribution in [0.4, 0.5) is 0 Å². The highest BCUT2D eigenvalue weighted by atomic mass is 127. The van der Waals surface area contributed by atoms with Gasteiger partial charge in [-0.05, 0) is 43.5 Å². The normalized spacial score (nSPS) is 13.6. The summed E-state index contributed by atoms with van der Waals surface area (Å²) >= 11 is 0. The predicted molar refractivity (Wildman–Crippen MR) is 118 cm³/mol. The van der Waals surface area contributed by atoms with Crippen LogP contribution in [0, 0.1) is 6.92 Å². The molecule has 0 fully saturated rings. The molecule has 28 heavy (non-hydrogen) atoms. The van der Waals surface area contributed by atoms with Crippen LogP contribution in [-0.4, -0.2) is 54.9 Å². The Morgan fingerprint density at radius 1 is 1.25 bits per heavy atom. The number of methoxy groups -OCH3 is 2. The van der Waals surface area contributed by atoms with E-state index in [0.29, 0.717) is 24.7 Å². The van der Waals surface area contributed by atoms with E-state index in [-0.39, 0.29) is 24.0 Å². The third-order valence-corrected chi connectivity index (χ3v) is 4.51. The lowest BCUT2D eigenvalue weighted by molar-refractivity contribution is 0.345. The lowest BCUT2D eigenvalue weighted by Gasteiger charge is -2.32. The van der Waals surface area contributed by atoms with Gasteiger partial charge in [0.2, 0.25) is 5.89 Å². The van der Waals surface area contributed by atoms with E-state index in [0.717, 1.165) is 43.5 Å². The van der Waals surface area contributed by atoms with Gasteiger partial charge in [-0.15, -0.1) is 24.0 Å². The first kappa shape index (κ1) is 22.3. The number of guanidine groups is 1. The number of halogens is 1. The molecule has 0 unspecified atom stereocenters. The number of hydrogen-bond acceptors (Lipinski definition) is 6. The molecule has 0 atom stereocenters. The fraction of sp³-hybridized carbons (Fsp3) is 0.526. The third-order valence-electron chi connectivity index (χ3n) is 4.51. The number of fused-ring (bicyclic) bond motifs is 1. The minimum Gasteiger partial charge on any atom is -0.493 e. The van der Waals surface area contributed by atoms with Gasteiger partial charge >= 0.3 is 0 Å². The highest BCUT2D eigenvalue weighted by Gasteiger charge is 2.21. The van der Waals surface area contributed by atoms with Crippen LogP contribution in [0.1, 0.15) is 29.8 Å². The molecule has 0 radical (unpaired) electrons. The number of ether oxygens (including phenoxy) is 2. The summed E-state index contributed by atoms with van der Waals surface area (Å²) in [5, 5.41) is 7.19. The van der Waals surface area contributed by atoms with E-state index in [9.17, 15) is 0 Å². The molecule has 1 aliphatic rings. The summed E-state index contributed by atoms with van der Waals surface area (Å²) < 4.78 is 16.0. The first-order chi connectivity index (χ1) is 13.1. The number of nitrogens with zero attached hydrogens (tertiary/aromatic N) is 4. The Morgan fingerprint density at radius 3 is 2.57 bits per heavy atom. The van der Waals surface area contributed by atoms with Crippen LogP contribution in [0.2, 0.25) is 0 Å². The van der Waals surface area contributed by atoms with E-state index in [2.05, 4.69) is 39.4 Å². The Bertz CT molecular complexity index is 809. The molecule has 1 aromatic carbocycles. The fourth-order valence-electron chi connectivity index (χ4n) is 3.19. The van der Waals surface area contributed by atoms with Gasteiger partial charge in [-0.2, -0.15) is 4.98 Å². The Hall–Kier alpha value is -2.04. The second-order valence-corrected chi connectivity index (χ2v) is 6.37. The van der Waals surface area contributed by atoms with Gasteiger partial charge in [-0.3, -0.25) is 4.99 Å². The topological polar surface area (TPSA) is 85.0 Å². The highest BCUT2D eigenvalue weighted by Crippen LogP contribution is 2.33. The summed E-state index contributed by atoms with van der Waals surface area (Å²) in [6, 6.07) is 4.14. The third kappa shape index (κ3) is 5.27. The minimum absolute atomic E-state index is 0. The van der Waals surface area contributed by atoms with E-state index in [1.54, 1.807) is 14.2 Å². The predicted octanol–water partition coefficient (Wildman–Crippen LogP) is 2.58. The van der Waals surface area contributed by atoms with Crippen LogP contribution < -0.4 is 14.8 Å². The monoisotopic (exact) mass is 501 g/mol. The zero-order chi connectivity index (χ0) is 19.2. The molecular formula is C19H28IN5O3. The molecule has 0 aliphatic carbocycles. The maximum Gasteiger partial charge on any atom is 0.228 e. The molecule has 2 heterocycles. The van der Waals surface area contributed by atoms with E-state index in [1.165, 1.54) is 11.1 Å². The summed E-state index contributed by atoms with van der Waals surface area (Å²) in [5.74, 6) is 3.70. The molecule has 1 aromatic heterocycles. The minimum atomic E-state index is 0. The first-order valence-corrected chi connectivity index (χ1v) is 9.20. The van der Waals surface area contributed by atoms with E-state index in [1.807, 2.05) is 6.92 Å². The zero-order valence-corrected chi connectivity index (χ0v) is 19.1. The van der Waals surface area contributed by atoms with Crippen molar-refractivity contribution in [2.24, 2.45) is 4.99 Å². The van der Waals surface area contributed by atoms with Crippen molar-refractivity contribution >= 4 is 29.9 Å². The van der Waals surface area contributed by atoms with Gasteiger partial charge in [0.1, 0.15) is 0 Å². The van der Waals surface area contributed by atoms with Gasteiger partial charge in [0.05, 0.1) is 20.8 Å². The van der Waals surface area contributed by atoms with Crippen molar-refractivity contribution in [3.8, 4) is 11.5 Å². The summed E-state index contributed by atoms with van der Waals surface area (Å²) in [5.41, 5.74) is 2.53. The van der Waals surface area contributed by atoms with E-state index in [4.69, 9.17) is 19.0 Å². The number of rotatable bonds is 6. The first-order valence-electron chi connectivity index (χ1n) is 9.20. The molecule has 0 saturated carbocycles. The van der Waals surface area contributed by atoms with Crippen LogP contribution in [0.25, 0.3) is 0 Å². The second-order valence-electron chi connectivity index (χ2n) is 6.37. The Balaban J connectivity index is 0.00000280. The number of benzene rings is 1. The zero-order valence-electron chi connectivity index (χ0n) is 16.8. The SMILES string of the molecule is CCNC(=NCCc1nc(C)no1)N1CCc2cc(OC)c(OC)cc2C1.I. The lowest BCUT2D eigenvalue weighted by Crippen LogP contribution is -2.44. The summed E-state index contributed by atoms with van der Waals surface area (Å²) in [6.07, 6.45) is 1.56. The molecule has 154 valence electrons. The number of aromatic nitrogens is 2. The largest absolute Gasteiger partial charge is 0.493 e. The number of nitrogens with one attached hydrogen (secondary N) is 1. The van der Waals surface area contributed by atoms with Gasteiger partial charge in [0.25, 0.3) is 0 Å². The standard InChI is InChI=1S/C19H27N5O3.HI/c1-5-20-19(21-8-6-18-22-13(2)23-27-18)24-9-7-14-10-16(25-3)17(26-4)11-15(14)12-24;/h10-11H,5-9,12H2,1-4H3,(H,20,21);1H. The van der Waals surface area contributed by atoms with Gasteiger partial charge in [0, 0.05) is 26.1 Å². The summed E-state index contributed by atoms with van der Waals surface area (Å²) in [7, 11) is 3.33. The molecule has 2 aromatic rings. The van der Waals surface area contributed by atoms with Crippen molar-refractivity contribution in [2.75, 3.05) is 33.9 Å². The molecule has 0 saturated heterocycles. The maximum atomic E-state index is 5.45. The van der Waals surface area contributed by atoms with Crippen molar-refractivity contribution < 1.29 is 14.0 Å². The Kier molecular flexibility index (Phi) is 8.34. The van der Waals surface area contributed by atoms with E-state index < -0.39 is 0 Å². The second kappa shape index (κ2) is 10.5. The van der Waals surface area contributed by atoms with Crippen molar-refractivity contribution in [1.82, 2.24) is 20.4 Å². The average Bonchev–Trinajstić information content (AvgIpc) is 3.10. The van der Waals surface area contributed by atoms with Crippen molar-refractivity contribution in [3.63, 3.8) is 0 Å². The molecule has 9 heteroatoms. The van der Waals surface area contributed by atoms with Crippen molar-refractivity contribution in [3.05, 3.63) is 35.0 Å². The van der Waals surface area contributed by atoms with Gasteiger partial charge in [0.15, 0.2) is 23.3 Å². The van der Waals surface area contributed by atoms with Crippen LogP contribution in [0.3, 0.4) is 0 Å². The molecule has 3 rings (SSSR count). The summed E-state index contributed by atoms with van der Waals surface area (Å²) in [4.78, 5) is 11.2. The molecule has 1 aliphatic heterocycles. The average molecular weight is 501 g/mol. The number of aryl methyl sites for hydroxylation is 1. The lowest BCUT2D eigenvalue weighted by atomic mass is 9.99. The quantitative estimate of drug-likeness (QED) is 0.370. The number of hydrogen-bond donors (Lipinski definition) is 1. The molecule has 0 spiro atoms. The Labute approximate surface area is 182 Å². The molecular weight excluding hydrogens is 473 g/mol. The molecule has 0 amide bonds. The fourth-order valence-corrected chi connectivity index (χ4v) is 3.19. The van der Waals surface area contributed by atoms with Crippen LogP contribution in [-0.2, 0) is 19.4 Å². The van der Waals surface area contributed by atoms with Gasteiger partial charge < -0.3 is 24.2 Å². The van der Waals surface area contributed by atoms with Gasteiger partial charge in [-0.1, -0.05) is 5.16 Å². The molecule has 8 nitrogen and oxygen atoms in total. The highest BCUT2D eigenvalue weighted by molar-refractivity contribution is 14.0. The van der Waals surface area contributed by atoms with Crippen molar-refractivity contribution in [1.29, 1.82) is 0 Å². The maximum absolute atomic E-state index is 5.45.